The molecule has 0 aliphatic heterocycles. The standard InChI is InChI=1S/C15H25NO3/c1-10-7-13(11(2)19-10)15(3,17)9-16-14(8-18-4)12-5-6-12/h7,12,14,16-17H,5-6,8-9H2,1-4H3. The Labute approximate surface area is 115 Å². The van der Waals surface area contributed by atoms with Crippen molar-refractivity contribution < 1.29 is 14.3 Å². The highest BCUT2D eigenvalue weighted by Gasteiger charge is 2.34. The normalized spacial score (nSPS) is 20.3. The summed E-state index contributed by atoms with van der Waals surface area (Å²) >= 11 is 0. The number of nitrogens with one attached hydrogen (secondary N) is 1. The van der Waals surface area contributed by atoms with E-state index in [2.05, 4.69) is 5.32 Å². The SMILES string of the molecule is COCC(NCC(C)(O)c1cc(C)oc1C)C1CC1. The molecular formula is C15H25NO3. The maximum absolute atomic E-state index is 10.6. The second-order valence-electron chi connectivity index (χ2n) is 5.88. The van der Waals surface area contributed by atoms with E-state index in [0.29, 0.717) is 25.1 Å². The van der Waals surface area contributed by atoms with Gasteiger partial charge in [0.2, 0.25) is 0 Å². The van der Waals surface area contributed by atoms with Crippen molar-refractivity contribution in [3.8, 4) is 0 Å². The van der Waals surface area contributed by atoms with Crippen LogP contribution in [0.5, 0.6) is 0 Å². The number of aryl methyl sites for hydroxylation is 2. The van der Waals surface area contributed by atoms with Crippen molar-refractivity contribution in [1.29, 1.82) is 0 Å². The monoisotopic (exact) mass is 267 g/mol. The molecule has 0 amide bonds. The van der Waals surface area contributed by atoms with E-state index in [1.165, 1.54) is 12.8 Å². The fraction of sp³-hybridized carbons (Fsp3) is 0.733. The molecule has 2 N–H and O–H groups in total. The maximum atomic E-state index is 10.6. The number of furan rings is 1. The van der Waals surface area contributed by atoms with Gasteiger partial charge in [-0.25, -0.2) is 0 Å². The Morgan fingerprint density at radius 1 is 1.53 bits per heavy atom. The highest BCUT2D eigenvalue weighted by molar-refractivity contribution is 5.26. The van der Waals surface area contributed by atoms with Gasteiger partial charge in [0.25, 0.3) is 0 Å². The van der Waals surface area contributed by atoms with Crippen molar-refractivity contribution >= 4 is 0 Å². The van der Waals surface area contributed by atoms with Crippen molar-refractivity contribution in [1.82, 2.24) is 5.32 Å². The largest absolute Gasteiger partial charge is 0.466 e. The molecule has 1 heterocycles. The van der Waals surface area contributed by atoms with E-state index in [-0.39, 0.29) is 0 Å². The van der Waals surface area contributed by atoms with Gasteiger partial charge in [0.05, 0.1) is 6.61 Å². The lowest BCUT2D eigenvalue weighted by atomic mass is 9.95. The third-order valence-corrected chi connectivity index (χ3v) is 3.87. The van der Waals surface area contributed by atoms with Crippen LogP contribution in [-0.4, -0.2) is 31.4 Å². The van der Waals surface area contributed by atoms with E-state index in [1.54, 1.807) is 7.11 Å². The van der Waals surface area contributed by atoms with E-state index in [0.717, 1.165) is 17.1 Å². The number of hydrogen-bond acceptors (Lipinski definition) is 4. The number of aliphatic hydroxyl groups is 1. The highest BCUT2D eigenvalue weighted by atomic mass is 16.5. The average Bonchev–Trinajstić information content (AvgIpc) is 3.10. The molecule has 4 nitrogen and oxygen atoms in total. The molecule has 0 spiro atoms. The molecule has 0 bridgehead atoms. The van der Waals surface area contributed by atoms with Crippen molar-refractivity contribution in [3.05, 3.63) is 23.2 Å². The highest BCUT2D eigenvalue weighted by Crippen LogP contribution is 2.33. The summed E-state index contributed by atoms with van der Waals surface area (Å²) in [7, 11) is 1.72. The predicted molar refractivity (Wildman–Crippen MR) is 74.1 cm³/mol. The van der Waals surface area contributed by atoms with E-state index < -0.39 is 5.60 Å². The fourth-order valence-corrected chi connectivity index (χ4v) is 2.63. The van der Waals surface area contributed by atoms with Gasteiger partial charge in [-0.1, -0.05) is 0 Å². The van der Waals surface area contributed by atoms with Crippen LogP contribution in [-0.2, 0) is 10.3 Å². The summed E-state index contributed by atoms with van der Waals surface area (Å²) in [5, 5.41) is 14.1. The first kappa shape index (κ1) is 14.6. The van der Waals surface area contributed by atoms with Crippen LogP contribution in [0, 0.1) is 19.8 Å². The van der Waals surface area contributed by atoms with Gasteiger partial charge >= 0.3 is 0 Å². The Kier molecular flexibility index (Phi) is 4.33. The third-order valence-electron chi connectivity index (χ3n) is 3.87. The first-order valence-corrected chi connectivity index (χ1v) is 6.96. The average molecular weight is 267 g/mol. The summed E-state index contributed by atoms with van der Waals surface area (Å²) in [6.45, 7) is 6.83. The van der Waals surface area contributed by atoms with Crippen LogP contribution in [0.1, 0.15) is 36.8 Å². The molecule has 2 unspecified atom stereocenters. The van der Waals surface area contributed by atoms with Gasteiger partial charge in [0.1, 0.15) is 17.1 Å². The summed E-state index contributed by atoms with van der Waals surface area (Å²) < 4.78 is 10.7. The minimum absolute atomic E-state index is 0.338. The third kappa shape index (κ3) is 3.59. The molecule has 1 fully saturated rings. The minimum Gasteiger partial charge on any atom is -0.466 e. The van der Waals surface area contributed by atoms with Crippen molar-refractivity contribution in [2.45, 2.75) is 45.3 Å². The molecule has 1 aliphatic carbocycles. The molecular weight excluding hydrogens is 242 g/mol. The van der Waals surface area contributed by atoms with E-state index in [1.807, 2.05) is 26.8 Å². The van der Waals surface area contributed by atoms with Crippen LogP contribution < -0.4 is 5.32 Å². The topological polar surface area (TPSA) is 54.6 Å². The Hall–Kier alpha value is -0.840. The molecule has 2 atom stereocenters. The van der Waals surface area contributed by atoms with Crippen molar-refractivity contribution in [2.24, 2.45) is 5.92 Å². The smallest absolute Gasteiger partial charge is 0.107 e. The van der Waals surface area contributed by atoms with Crippen molar-refractivity contribution in [3.63, 3.8) is 0 Å². The first-order valence-electron chi connectivity index (χ1n) is 6.96. The molecule has 0 aromatic carbocycles. The number of ether oxygens (including phenoxy) is 1. The summed E-state index contributed by atoms with van der Waals surface area (Å²) in [6, 6.07) is 2.25. The zero-order chi connectivity index (χ0) is 14.0. The van der Waals surface area contributed by atoms with Crippen molar-refractivity contribution in [2.75, 3.05) is 20.3 Å². The summed E-state index contributed by atoms with van der Waals surface area (Å²) in [4.78, 5) is 0. The Morgan fingerprint density at radius 2 is 2.21 bits per heavy atom. The summed E-state index contributed by atoms with van der Waals surface area (Å²) in [5.41, 5.74) is -0.0487. The van der Waals surface area contributed by atoms with Crippen LogP contribution in [0.15, 0.2) is 10.5 Å². The molecule has 1 aliphatic rings. The Morgan fingerprint density at radius 3 is 2.68 bits per heavy atom. The van der Waals surface area contributed by atoms with Gasteiger partial charge in [-0.05, 0) is 45.6 Å². The number of hydrogen-bond donors (Lipinski definition) is 2. The molecule has 4 heteroatoms. The van der Waals surface area contributed by atoms with Gasteiger partial charge in [-0.3, -0.25) is 0 Å². The first-order chi connectivity index (χ1) is 8.94. The lowest BCUT2D eigenvalue weighted by Gasteiger charge is -2.27. The number of methoxy groups -OCH3 is 1. The lowest BCUT2D eigenvalue weighted by molar-refractivity contribution is 0.0459. The number of rotatable bonds is 7. The maximum Gasteiger partial charge on any atom is 0.107 e. The van der Waals surface area contributed by atoms with E-state index in [4.69, 9.17) is 9.15 Å². The van der Waals surface area contributed by atoms with E-state index >= 15 is 0 Å². The van der Waals surface area contributed by atoms with Crippen LogP contribution in [0.3, 0.4) is 0 Å². The zero-order valence-corrected chi connectivity index (χ0v) is 12.3. The van der Waals surface area contributed by atoms with Crippen LogP contribution in [0.25, 0.3) is 0 Å². The van der Waals surface area contributed by atoms with Gasteiger partial charge in [-0.15, -0.1) is 0 Å². The van der Waals surface area contributed by atoms with Gasteiger partial charge in [0.15, 0.2) is 0 Å². The Bertz CT molecular complexity index is 421. The van der Waals surface area contributed by atoms with Gasteiger partial charge in [-0.2, -0.15) is 0 Å². The second-order valence-corrected chi connectivity index (χ2v) is 5.88. The fourth-order valence-electron chi connectivity index (χ4n) is 2.63. The van der Waals surface area contributed by atoms with Crippen LogP contribution in [0.2, 0.25) is 0 Å². The van der Waals surface area contributed by atoms with Crippen LogP contribution in [0.4, 0.5) is 0 Å². The molecule has 1 aromatic heterocycles. The molecule has 19 heavy (non-hydrogen) atoms. The summed E-state index contributed by atoms with van der Waals surface area (Å²) in [5.74, 6) is 2.32. The summed E-state index contributed by atoms with van der Waals surface area (Å²) in [6.07, 6.45) is 2.51. The zero-order valence-electron chi connectivity index (χ0n) is 12.3. The van der Waals surface area contributed by atoms with Gasteiger partial charge < -0.3 is 19.6 Å². The molecule has 1 saturated carbocycles. The minimum atomic E-state index is -0.914. The molecule has 0 saturated heterocycles. The quantitative estimate of drug-likeness (QED) is 0.794. The molecule has 0 radical (unpaired) electrons. The molecule has 108 valence electrons. The van der Waals surface area contributed by atoms with E-state index in [9.17, 15) is 5.11 Å². The lowest BCUT2D eigenvalue weighted by Crippen LogP contribution is -2.43. The Balaban J connectivity index is 1.98. The molecule has 2 rings (SSSR count). The molecule has 1 aromatic rings. The van der Waals surface area contributed by atoms with Gasteiger partial charge in [0, 0.05) is 25.3 Å². The second kappa shape index (κ2) is 5.65. The van der Waals surface area contributed by atoms with Crippen LogP contribution >= 0.6 is 0 Å². The predicted octanol–water partition coefficient (Wildman–Crippen LogP) is 2.12.